The number of carbonyl (C=O) groups excluding carboxylic acids is 1. The molecule has 1 N–H and O–H groups in total. The van der Waals surface area contributed by atoms with E-state index in [0.717, 1.165) is 32.6 Å². The van der Waals surface area contributed by atoms with Crippen LogP contribution in [0.5, 0.6) is 0 Å². The van der Waals surface area contributed by atoms with E-state index < -0.39 is 5.60 Å². The van der Waals surface area contributed by atoms with Crippen LogP contribution >= 0.6 is 0 Å². The summed E-state index contributed by atoms with van der Waals surface area (Å²) in [7, 11) is 0. The van der Waals surface area contributed by atoms with Crippen molar-refractivity contribution in [2.24, 2.45) is 5.92 Å². The number of carbonyl (C=O) groups is 1. The molecule has 0 aromatic rings. The van der Waals surface area contributed by atoms with Gasteiger partial charge in [-0.15, -0.1) is 0 Å². The molecule has 0 aromatic carbocycles. The van der Waals surface area contributed by atoms with Gasteiger partial charge in [-0.3, -0.25) is 0 Å². The molecule has 0 aromatic heterocycles. The molecule has 0 bridgehead atoms. The highest BCUT2D eigenvalue weighted by molar-refractivity contribution is 5.68. The standard InChI is InChI=1S/C18H35N3O2/c1-18(2,3)23-17(22)21-12-6-8-16(15-21)7-4-5-11-20-13-9-19-10-14-20/h16,19H,4-15H2,1-3H3. The van der Waals surface area contributed by atoms with Gasteiger partial charge in [0.05, 0.1) is 0 Å². The maximum Gasteiger partial charge on any atom is 0.410 e. The number of nitrogens with one attached hydrogen (secondary N) is 1. The third-order valence-electron chi connectivity index (χ3n) is 4.72. The quantitative estimate of drug-likeness (QED) is 0.790. The molecule has 0 saturated carbocycles. The molecule has 5 heteroatoms. The summed E-state index contributed by atoms with van der Waals surface area (Å²) < 4.78 is 5.50. The molecule has 2 aliphatic heterocycles. The second kappa shape index (κ2) is 8.88. The topological polar surface area (TPSA) is 44.8 Å². The van der Waals surface area contributed by atoms with Crippen molar-refractivity contribution in [2.45, 2.75) is 58.5 Å². The number of ether oxygens (including phenoxy) is 1. The summed E-state index contributed by atoms with van der Waals surface area (Å²) >= 11 is 0. The lowest BCUT2D eigenvalue weighted by Crippen LogP contribution is -2.44. The summed E-state index contributed by atoms with van der Waals surface area (Å²) in [6, 6.07) is 0. The van der Waals surface area contributed by atoms with Gasteiger partial charge in [0.25, 0.3) is 0 Å². The van der Waals surface area contributed by atoms with Crippen LogP contribution in [0.4, 0.5) is 4.79 Å². The molecule has 1 atom stereocenters. The largest absolute Gasteiger partial charge is 0.444 e. The Kier molecular flexibility index (Phi) is 7.15. The summed E-state index contributed by atoms with van der Waals surface area (Å²) in [5, 5.41) is 3.40. The molecule has 134 valence electrons. The Morgan fingerprint density at radius 3 is 2.61 bits per heavy atom. The number of likely N-dealkylation sites (tertiary alicyclic amines) is 1. The van der Waals surface area contributed by atoms with Crippen LogP contribution in [0.25, 0.3) is 0 Å². The van der Waals surface area contributed by atoms with E-state index in [1.165, 1.54) is 45.3 Å². The van der Waals surface area contributed by atoms with E-state index in [1.807, 2.05) is 25.7 Å². The van der Waals surface area contributed by atoms with Crippen molar-refractivity contribution in [3.05, 3.63) is 0 Å². The predicted molar refractivity (Wildman–Crippen MR) is 93.7 cm³/mol. The molecule has 2 saturated heterocycles. The van der Waals surface area contributed by atoms with Gasteiger partial charge in [-0.25, -0.2) is 4.79 Å². The molecule has 23 heavy (non-hydrogen) atoms. The lowest BCUT2D eigenvalue weighted by atomic mass is 9.93. The number of rotatable bonds is 5. The van der Waals surface area contributed by atoms with E-state index in [1.54, 1.807) is 0 Å². The zero-order valence-electron chi connectivity index (χ0n) is 15.3. The van der Waals surface area contributed by atoms with Gasteiger partial charge in [0, 0.05) is 39.3 Å². The van der Waals surface area contributed by atoms with Crippen LogP contribution in [0.3, 0.4) is 0 Å². The lowest BCUT2D eigenvalue weighted by Gasteiger charge is -2.34. The average molecular weight is 325 g/mol. The normalized spacial score (nSPS) is 23.8. The summed E-state index contributed by atoms with van der Waals surface area (Å²) in [5.41, 5.74) is -0.396. The first-order chi connectivity index (χ1) is 10.9. The minimum atomic E-state index is -0.396. The number of piperidine rings is 1. The summed E-state index contributed by atoms with van der Waals surface area (Å²) in [6.45, 7) is 13.4. The molecule has 0 spiro atoms. The van der Waals surface area contributed by atoms with E-state index in [9.17, 15) is 4.79 Å². The van der Waals surface area contributed by atoms with Crippen molar-refractivity contribution in [1.82, 2.24) is 15.1 Å². The van der Waals surface area contributed by atoms with Gasteiger partial charge in [-0.1, -0.05) is 6.42 Å². The minimum absolute atomic E-state index is 0.136. The Morgan fingerprint density at radius 2 is 1.91 bits per heavy atom. The minimum Gasteiger partial charge on any atom is -0.444 e. The van der Waals surface area contributed by atoms with Gasteiger partial charge in [-0.05, 0) is 58.9 Å². The van der Waals surface area contributed by atoms with Crippen LogP contribution in [0, 0.1) is 5.92 Å². The molecular formula is C18H35N3O2. The van der Waals surface area contributed by atoms with E-state index in [0.29, 0.717) is 5.92 Å². The number of unbranched alkanes of at least 4 members (excludes halogenated alkanes) is 1. The molecule has 1 unspecified atom stereocenters. The van der Waals surface area contributed by atoms with Crippen molar-refractivity contribution >= 4 is 6.09 Å². The van der Waals surface area contributed by atoms with Crippen molar-refractivity contribution < 1.29 is 9.53 Å². The highest BCUT2D eigenvalue weighted by Gasteiger charge is 2.27. The van der Waals surface area contributed by atoms with Gasteiger partial charge < -0.3 is 19.9 Å². The maximum atomic E-state index is 12.2. The SMILES string of the molecule is CC(C)(C)OC(=O)N1CCCC(CCCCN2CCNCC2)C1. The lowest BCUT2D eigenvalue weighted by molar-refractivity contribution is 0.0160. The Balaban J connectivity index is 1.62. The van der Waals surface area contributed by atoms with Crippen LogP contribution in [0.1, 0.15) is 52.9 Å². The zero-order chi connectivity index (χ0) is 16.7. The zero-order valence-corrected chi connectivity index (χ0v) is 15.3. The molecule has 1 amide bonds. The molecule has 5 nitrogen and oxygen atoms in total. The van der Waals surface area contributed by atoms with Crippen LogP contribution in [-0.4, -0.2) is 67.3 Å². The van der Waals surface area contributed by atoms with Gasteiger partial charge in [-0.2, -0.15) is 0 Å². The molecule has 2 aliphatic rings. The van der Waals surface area contributed by atoms with Crippen molar-refractivity contribution in [3.8, 4) is 0 Å². The first-order valence-corrected chi connectivity index (χ1v) is 9.35. The smallest absolute Gasteiger partial charge is 0.410 e. The van der Waals surface area contributed by atoms with E-state index in [-0.39, 0.29) is 6.09 Å². The monoisotopic (exact) mass is 325 g/mol. The van der Waals surface area contributed by atoms with E-state index >= 15 is 0 Å². The van der Waals surface area contributed by atoms with Gasteiger partial charge in [0.1, 0.15) is 5.60 Å². The first-order valence-electron chi connectivity index (χ1n) is 9.35. The molecular weight excluding hydrogens is 290 g/mol. The van der Waals surface area contributed by atoms with Crippen LogP contribution in [-0.2, 0) is 4.74 Å². The molecule has 0 aliphatic carbocycles. The summed E-state index contributed by atoms with van der Waals surface area (Å²) in [6.07, 6.45) is 6.03. The molecule has 2 fully saturated rings. The van der Waals surface area contributed by atoms with Gasteiger partial charge in [0.15, 0.2) is 0 Å². The second-order valence-electron chi connectivity index (χ2n) is 8.02. The van der Waals surface area contributed by atoms with Crippen LogP contribution in [0.2, 0.25) is 0 Å². The highest BCUT2D eigenvalue weighted by Crippen LogP contribution is 2.23. The number of amides is 1. The number of hydrogen-bond acceptors (Lipinski definition) is 4. The van der Waals surface area contributed by atoms with Crippen molar-refractivity contribution in [2.75, 3.05) is 45.8 Å². The number of piperazine rings is 1. The van der Waals surface area contributed by atoms with Crippen LogP contribution < -0.4 is 5.32 Å². The van der Waals surface area contributed by atoms with Gasteiger partial charge in [0.2, 0.25) is 0 Å². The fraction of sp³-hybridized carbons (Fsp3) is 0.944. The second-order valence-corrected chi connectivity index (χ2v) is 8.02. The fourth-order valence-corrected chi connectivity index (χ4v) is 3.50. The average Bonchev–Trinajstić information content (AvgIpc) is 2.51. The van der Waals surface area contributed by atoms with Crippen molar-refractivity contribution in [3.63, 3.8) is 0 Å². The number of hydrogen-bond donors (Lipinski definition) is 1. The third-order valence-corrected chi connectivity index (χ3v) is 4.72. The summed E-state index contributed by atoms with van der Waals surface area (Å²) in [4.78, 5) is 16.7. The number of nitrogens with zero attached hydrogens (tertiary/aromatic N) is 2. The third kappa shape index (κ3) is 7.08. The van der Waals surface area contributed by atoms with Crippen LogP contribution in [0.15, 0.2) is 0 Å². The Labute approximate surface area is 141 Å². The van der Waals surface area contributed by atoms with E-state index in [4.69, 9.17) is 4.74 Å². The maximum absolute atomic E-state index is 12.2. The van der Waals surface area contributed by atoms with Gasteiger partial charge >= 0.3 is 6.09 Å². The fourth-order valence-electron chi connectivity index (χ4n) is 3.50. The summed E-state index contributed by atoms with van der Waals surface area (Å²) in [5.74, 6) is 0.652. The predicted octanol–water partition coefficient (Wildman–Crippen LogP) is 2.71. The molecule has 2 rings (SSSR count). The highest BCUT2D eigenvalue weighted by atomic mass is 16.6. The van der Waals surface area contributed by atoms with E-state index in [2.05, 4.69) is 10.2 Å². The molecule has 0 radical (unpaired) electrons. The Hall–Kier alpha value is -0.810. The first kappa shape index (κ1) is 18.5. The Bertz CT molecular complexity index is 362. The van der Waals surface area contributed by atoms with Crippen molar-refractivity contribution in [1.29, 1.82) is 0 Å². The molecule has 2 heterocycles. The Morgan fingerprint density at radius 1 is 1.17 bits per heavy atom.